The number of thiophene rings is 1. The van der Waals surface area contributed by atoms with Crippen molar-refractivity contribution < 1.29 is 19.2 Å². The van der Waals surface area contributed by atoms with Gasteiger partial charge >= 0.3 is 0 Å². The average molecular weight is 468 g/mol. The van der Waals surface area contributed by atoms with E-state index in [2.05, 4.69) is 11.1 Å². The minimum Gasteiger partial charge on any atom is -0.454 e. The highest BCUT2D eigenvalue weighted by atomic mass is 32.1. The number of piperazine rings is 1. The molecule has 33 heavy (non-hydrogen) atoms. The summed E-state index contributed by atoms with van der Waals surface area (Å²) in [5.41, 5.74) is 2.31. The third-order valence-corrected chi connectivity index (χ3v) is 8.16. The number of nitrogens with zero attached hydrogens (tertiary/aromatic N) is 3. The quantitative estimate of drug-likeness (QED) is 0.619. The zero-order chi connectivity index (χ0) is 22.4. The predicted molar refractivity (Wildman–Crippen MR) is 124 cm³/mol. The monoisotopic (exact) mass is 467 g/mol. The molecule has 1 saturated heterocycles. The average Bonchev–Trinajstić information content (AvgIpc) is 3.45. The molecule has 4 heterocycles. The number of carbonyl (C=O) groups excluding carboxylic acids is 1. The van der Waals surface area contributed by atoms with Gasteiger partial charge in [0, 0.05) is 10.4 Å². The Morgan fingerprint density at radius 3 is 2.82 bits per heavy atom. The summed E-state index contributed by atoms with van der Waals surface area (Å²) in [5.74, 6) is 1.60. The standard InChI is InChI=1S/C24H26N4O4S/c29-21(13-28-14-25-23-22(24(28)30)17-3-1-2-4-20(17)33-23)27-9-7-26(8-10-27)12-16-5-6-18-19(11-16)32-15-31-18/h5-6,11,14H,1-4,7-10,12-13,15H2/p+1. The van der Waals surface area contributed by atoms with Crippen molar-refractivity contribution in [2.24, 2.45) is 0 Å². The first kappa shape index (κ1) is 20.7. The number of aryl methyl sites for hydroxylation is 2. The van der Waals surface area contributed by atoms with E-state index in [1.807, 2.05) is 17.0 Å². The van der Waals surface area contributed by atoms with Gasteiger partial charge in [-0.05, 0) is 49.4 Å². The number of fused-ring (bicyclic) bond motifs is 4. The molecule has 1 aromatic carbocycles. The summed E-state index contributed by atoms with van der Waals surface area (Å²) in [6.45, 7) is 4.38. The van der Waals surface area contributed by atoms with Crippen molar-refractivity contribution in [1.82, 2.24) is 14.5 Å². The number of benzene rings is 1. The van der Waals surface area contributed by atoms with Gasteiger partial charge in [0.1, 0.15) is 17.9 Å². The van der Waals surface area contributed by atoms with Crippen molar-refractivity contribution in [3.63, 3.8) is 0 Å². The van der Waals surface area contributed by atoms with Crippen LogP contribution in [0.15, 0.2) is 29.3 Å². The van der Waals surface area contributed by atoms with Crippen LogP contribution in [0, 0.1) is 0 Å². The molecule has 0 unspecified atom stereocenters. The number of amides is 1. The van der Waals surface area contributed by atoms with E-state index >= 15 is 0 Å². The summed E-state index contributed by atoms with van der Waals surface area (Å²) in [7, 11) is 0. The molecule has 2 aromatic heterocycles. The van der Waals surface area contributed by atoms with Crippen LogP contribution in [-0.2, 0) is 30.7 Å². The maximum atomic E-state index is 13.2. The van der Waals surface area contributed by atoms with Gasteiger partial charge in [0.2, 0.25) is 12.7 Å². The van der Waals surface area contributed by atoms with E-state index in [-0.39, 0.29) is 24.8 Å². The molecule has 9 heteroatoms. The Labute approximate surface area is 195 Å². The number of aromatic nitrogens is 2. The number of ether oxygens (including phenoxy) is 2. The predicted octanol–water partition coefficient (Wildman–Crippen LogP) is 0.993. The summed E-state index contributed by atoms with van der Waals surface area (Å²) in [6.07, 6.45) is 5.82. The van der Waals surface area contributed by atoms with Gasteiger partial charge in [0.05, 0.1) is 37.9 Å². The highest BCUT2D eigenvalue weighted by Crippen LogP contribution is 2.33. The molecule has 0 bridgehead atoms. The maximum absolute atomic E-state index is 13.2. The summed E-state index contributed by atoms with van der Waals surface area (Å²) >= 11 is 1.64. The van der Waals surface area contributed by atoms with E-state index in [0.717, 1.165) is 60.6 Å². The Morgan fingerprint density at radius 1 is 1.12 bits per heavy atom. The molecule has 172 valence electrons. The van der Waals surface area contributed by atoms with Gasteiger partial charge in [-0.2, -0.15) is 0 Å². The largest absolute Gasteiger partial charge is 0.454 e. The van der Waals surface area contributed by atoms with Crippen LogP contribution in [0.4, 0.5) is 0 Å². The van der Waals surface area contributed by atoms with Crippen molar-refractivity contribution in [1.29, 1.82) is 0 Å². The van der Waals surface area contributed by atoms with Crippen molar-refractivity contribution in [2.45, 2.75) is 38.8 Å². The van der Waals surface area contributed by atoms with Gasteiger partial charge in [-0.1, -0.05) is 0 Å². The highest BCUT2D eigenvalue weighted by molar-refractivity contribution is 7.18. The van der Waals surface area contributed by atoms with Crippen molar-refractivity contribution in [3.05, 3.63) is 50.9 Å². The van der Waals surface area contributed by atoms with Crippen LogP contribution >= 0.6 is 11.3 Å². The molecule has 1 fully saturated rings. The summed E-state index contributed by atoms with van der Waals surface area (Å²) in [5, 5.41) is 0.739. The van der Waals surface area contributed by atoms with E-state index in [9.17, 15) is 9.59 Å². The molecule has 0 atom stereocenters. The van der Waals surface area contributed by atoms with Gasteiger partial charge in [-0.15, -0.1) is 11.3 Å². The molecular weight excluding hydrogens is 440 g/mol. The van der Waals surface area contributed by atoms with E-state index < -0.39 is 0 Å². The highest BCUT2D eigenvalue weighted by Gasteiger charge is 2.26. The lowest BCUT2D eigenvalue weighted by molar-refractivity contribution is -0.917. The number of hydrogen-bond donors (Lipinski definition) is 1. The van der Waals surface area contributed by atoms with Crippen LogP contribution in [0.2, 0.25) is 0 Å². The maximum Gasteiger partial charge on any atom is 0.262 e. The number of quaternary nitrogens is 1. The first-order valence-electron chi connectivity index (χ1n) is 11.7. The van der Waals surface area contributed by atoms with Gasteiger partial charge in [0.15, 0.2) is 11.5 Å². The lowest BCUT2D eigenvalue weighted by Crippen LogP contribution is -3.13. The normalized spacial score (nSPS) is 18.0. The molecule has 8 nitrogen and oxygen atoms in total. The molecule has 2 aliphatic heterocycles. The lowest BCUT2D eigenvalue weighted by atomic mass is 9.97. The number of nitrogens with one attached hydrogen (secondary N) is 1. The van der Waals surface area contributed by atoms with Crippen LogP contribution in [-0.4, -0.2) is 53.3 Å². The molecule has 1 N–H and O–H groups in total. The van der Waals surface area contributed by atoms with E-state index in [4.69, 9.17) is 9.47 Å². The Kier molecular flexibility index (Phi) is 5.30. The number of carbonyl (C=O) groups is 1. The third kappa shape index (κ3) is 3.89. The fourth-order valence-electron chi connectivity index (χ4n) is 5.13. The molecule has 0 radical (unpaired) electrons. The summed E-state index contributed by atoms with van der Waals surface area (Å²) in [6, 6.07) is 6.09. The van der Waals surface area contributed by atoms with E-state index in [0.29, 0.717) is 13.1 Å². The molecule has 3 aliphatic rings. The van der Waals surface area contributed by atoms with Gasteiger partial charge < -0.3 is 19.3 Å². The minimum absolute atomic E-state index is 0.00974. The molecule has 1 aliphatic carbocycles. The Hall–Kier alpha value is -2.91. The number of hydrogen-bond acceptors (Lipinski definition) is 6. The second kappa shape index (κ2) is 8.46. The molecular formula is C24H27N4O4S+. The van der Waals surface area contributed by atoms with Gasteiger partial charge in [0.25, 0.3) is 5.56 Å². The molecule has 1 amide bonds. The van der Waals surface area contributed by atoms with Crippen LogP contribution in [0.1, 0.15) is 28.8 Å². The van der Waals surface area contributed by atoms with Crippen LogP contribution in [0.25, 0.3) is 10.2 Å². The number of rotatable bonds is 4. The topological polar surface area (TPSA) is 78.1 Å². The van der Waals surface area contributed by atoms with Crippen molar-refractivity contribution in [2.75, 3.05) is 33.0 Å². The molecule has 6 rings (SSSR count). The minimum atomic E-state index is -0.0696. The Morgan fingerprint density at radius 2 is 1.94 bits per heavy atom. The van der Waals surface area contributed by atoms with Crippen molar-refractivity contribution in [3.8, 4) is 11.5 Å². The van der Waals surface area contributed by atoms with Crippen LogP contribution in [0.3, 0.4) is 0 Å². The molecule has 0 spiro atoms. The third-order valence-electron chi connectivity index (χ3n) is 6.96. The Balaban J connectivity index is 1.10. The van der Waals surface area contributed by atoms with E-state index in [1.165, 1.54) is 31.9 Å². The summed E-state index contributed by atoms with van der Waals surface area (Å²) < 4.78 is 12.4. The van der Waals surface area contributed by atoms with Crippen LogP contribution < -0.4 is 19.9 Å². The summed E-state index contributed by atoms with van der Waals surface area (Å²) in [4.78, 5) is 36.1. The second-order valence-electron chi connectivity index (χ2n) is 9.06. The zero-order valence-electron chi connectivity index (χ0n) is 18.5. The lowest BCUT2D eigenvalue weighted by Gasteiger charge is -2.32. The van der Waals surface area contributed by atoms with E-state index in [1.54, 1.807) is 17.7 Å². The fourth-order valence-corrected chi connectivity index (χ4v) is 6.35. The van der Waals surface area contributed by atoms with Gasteiger partial charge in [-0.25, -0.2) is 4.98 Å². The zero-order valence-corrected chi connectivity index (χ0v) is 19.3. The van der Waals surface area contributed by atoms with Crippen LogP contribution in [0.5, 0.6) is 11.5 Å². The first-order chi connectivity index (χ1) is 16.2. The fraction of sp³-hybridized carbons (Fsp3) is 0.458. The SMILES string of the molecule is O=C(Cn1cnc2sc3c(c2c1=O)CCCC3)N1CC[NH+](Cc2ccc3c(c2)OCO3)CC1. The Bertz CT molecular complexity index is 1280. The molecule has 0 saturated carbocycles. The van der Waals surface area contributed by atoms with Gasteiger partial charge in [-0.3, -0.25) is 14.2 Å². The molecule has 3 aromatic rings. The van der Waals surface area contributed by atoms with Crippen molar-refractivity contribution >= 4 is 27.5 Å². The first-order valence-corrected chi connectivity index (χ1v) is 12.5. The second-order valence-corrected chi connectivity index (χ2v) is 10.1. The smallest absolute Gasteiger partial charge is 0.262 e.